The number of para-hydroxylation sites is 2. The molecule has 4 nitrogen and oxygen atoms in total. The average Bonchev–Trinajstić information content (AvgIpc) is 2.47. The van der Waals surface area contributed by atoms with Gasteiger partial charge in [0, 0.05) is 13.1 Å². The van der Waals surface area contributed by atoms with Crippen molar-refractivity contribution in [2.45, 2.75) is 37.3 Å². The number of hydrogen-bond donors (Lipinski definition) is 1. The fourth-order valence-corrected chi connectivity index (χ4v) is 2.73. The molecule has 19 heavy (non-hydrogen) atoms. The maximum absolute atomic E-state index is 9.07. The molecule has 0 unspecified atom stereocenters. The van der Waals surface area contributed by atoms with E-state index in [0.717, 1.165) is 37.1 Å². The van der Waals surface area contributed by atoms with Crippen LogP contribution in [0.4, 0.5) is 5.69 Å². The molecule has 0 radical (unpaired) electrons. The number of nitrogens with two attached hydrogens (primary N) is 1. The lowest BCUT2D eigenvalue weighted by Crippen LogP contribution is -2.46. The van der Waals surface area contributed by atoms with Crippen LogP contribution in [0.5, 0.6) is 5.75 Å². The molecule has 1 aliphatic carbocycles. The first kappa shape index (κ1) is 13.7. The van der Waals surface area contributed by atoms with Crippen molar-refractivity contribution in [2.75, 3.05) is 19.1 Å². The quantitative estimate of drug-likeness (QED) is 0.904. The zero-order chi connectivity index (χ0) is 13.9. The minimum absolute atomic E-state index is 0.418. The Kier molecular flexibility index (Phi) is 3.96. The lowest BCUT2D eigenvalue weighted by Gasteiger charge is -2.38. The number of anilines is 1. The number of ether oxygens (including phenoxy) is 1. The third-order valence-corrected chi connectivity index (χ3v) is 4.08. The van der Waals surface area contributed by atoms with Crippen molar-refractivity contribution in [1.29, 1.82) is 5.26 Å². The maximum atomic E-state index is 9.07. The van der Waals surface area contributed by atoms with Gasteiger partial charge in [-0.15, -0.1) is 0 Å². The highest BCUT2D eigenvalue weighted by Gasteiger charge is 2.33. The lowest BCUT2D eigenvalue weighted by atomic mass is 9.80. The molecule has 1 aliphatic rings. The normalized spacial score (nSPS) is 26.5. The zero-order valence-corrected chi connectivity index (χ0v) is 11.6. The highest BCUT2D eigenvalue weighted by atomic mass is 16.5. The van der Waals surface area contributed by atoms with Crippen LogP contribution in [0.25, 0.3) is 0 Å². The molecule has 102 valence electrons. The van der Waals surface area contributed by atoms with Crippen LogP contribution in [0.1, 0.15) is 25.7 Å². The summed E-state index contributed by atoms with van der Waals surface area (Å²) in [5, 5.41) is 9.07. The minimum Gasteiger partial charge on any atom is -0.495 e. The molecule has 0 heterocycles. The minimum atomic E-state index is -0.627. The Labute approximate surface area is 114 Å². The molecule has 0 amide bonds. The Bertz CT molecular complexity index is 473. The number of nitriles is 1. The van der Waals surface area contributed by atoms with E-state index in [0.29, 0.717) is 6.04 Å². The van der Waals surface area contributed by atoms with Crippen LogP contribution < -0.4 is 15.4 Å². The highest BCUT2D eigenvalue weighted by molar-refractivity contribution is 5.58. The second kappa shape index (κ2) is 5.50. The van der Waals surface area contributed by atoms with E-state index in [4.69, 9.17) is 15.7 Å². The fraction of sp³-hybridized carbons (Fsp3) is 0.533. The van der Waals surface area contributed by atoms with Crippen LogP contribution in [0, 0.1) is 11.3 Å². The monoisotopic (exact) mass is 259 g/mol. The molecule has 2 N–H and O–H groups in total. The van der Waals surface area contributed by atoms with Crippen molar-refractivity contribution in [3.8, 4) is 11.8 Å². The van der Waals surface area contributed by atoms with Crippen LogP contribution in [-0.4, -0.2) is 25.7 Å². The Hall–Kier alpha value is -1.73. The number of hydrogen-bond acceptors (Lipinski definition) is 4. The van der Waals surface area contributed by atoms with Crippen LogP contribution in [0.3, 0.4) is 0 Å². The van der Waals surface area contributed by atoms with Crippen LogP contribution >= 0.6 is 0 Å². The molecular formula is C15H21N3O. The van der Waals surface area contributed by atoms with Crippen molar-refractivity contribution < 1.29 is 4.74 Å². The lowest BCUT2D eigenvalue weighted by molar-refractivity contribution is 0.326. The highest BCUT2D eigenvalue weighted by Crippen LogP contribution is 2.34. The largest absolute Gasteiger partial charge is 0.495 e. The van der Waals surface area contributed by atoms with Gasteiger partial charge in [0.2, 0.25) is 0 Å². The van der Waals surface area contributed by atoms with Crippen LogP contribution in [0.15, 0.2) is 24.3 Å². The summed E-state index contributed by atoms with van der Waals surface area (Å²) < 4.78 is 5.40. The number of nitrogens with zero attached hydrogens (tertiary/aromatic N) is 2. The number of benzene rings is 1. The summed E-state index contributed by atoms with van der Waals surface area (Å²) in [6.45, 7) is 0. The Morgan fingerprint density at radius 1 is 1.37 bits per heavy atom. The topological polar surface area (TPSA) is 62.3 Å². The van der Waals surface area contributed by atoms with Crippen molar-refractivity contribution in [3.05, 3.63) is 24.3 Å². The molecular weight excluding hydrogens is 238 g/mol. The van der Waals surface area contributed by atoms with Crippen molar-refractivity contribution in [1.82, 2.24) is 0 Å². The van der Waals surface area contributed by atoms with Gasteiger partial charge in [-0.05, 0) is 37.8 Å². The van der Waals surface area contributed by atoms with Gasteiger partial charge in [-0.3, -0.25) is 0 Å². The standard InChI is InChI=1S/C15H21N3O/c1-18(13-5-3-4-6-14(13)19-2)12-7-9-15(17,11-16)10-8-12/h3-6,12H,7-10,17H2,1-2H3. The Morgan fingerprint density at radius 3 is 2.58 bits per heavy atom. The van der Waals surface area contributed by atoms with Gasteiger partial charge < -0.3 is 15.4 Å². The van der Waals surface area contributed by atoms with Gasteiger partial charge in [0.05, 0.1) is 18.9 Å². The second-order valence-electron chi connectivity index (χ2n) is 5.28. The van der Waals surface area contributed by atoms with E-state index in [1.54, 1.807) is 7.11 Å². The van der Waals surface area contributed by atoms with Gasteiger partial charge in [0.1, 0.15) is 11.3 Å². The maximum Gasteiger partial charge on any atom is 0.142 e. The molecule has 1 aromatic rings. The fourth-order valence-electron chi connectivity index (χ4n) is 2.73. The molecule has 2 rings (SSSR count). The van der Waals surface area contributed by atoms with Gasteiger partial charge in [0.15, 0.2) is 0 Å². The summed E-state index contributed by atoms with van der Waals surface area (Å²) >= 11 is 0. The molecule has 0 saturated heterocycles. The van der Waals surface area contributed by atoms with E-state index in [9.17, 15) is 0 Å². The van der Waals surface area contributed by atoms with Gasteiger partial charge >= 0.3 is 0 Å². The molecule has 4 heteroatoms. The average molecular weight is 259 g/mol. The third kappa shape index (κ3) is 2.82. The van der Waals surface area contributed by atoms with Crippen molar-refractivity contribution >= 4 is 5.69 Å². The van der Waals surface area contributed by atoms with Crippen LogP contribution in [-0.2, 0) is 0 Å². The van der Waals surface area contributed by atoms with Crippen LogP contribution in [0.2, 0.25) is 0 Å². The zero-order valence-electron chi connectivity index (χ0n) is 11.6. The van der Waals surface area contributed by atoms with E-state index >= 15 is 0 Å². The molecule has 0 atom stereocenters. The van der Waals surface area contributed by atoms with Gasteiger partial charge in [0.25, 0.3) is 0 Å². The number of rotatable bonds is 3. The van der Waals surface area contributed by atoms with Crippen molar-refractivity contribution in [3.63, 3.8) is 0 Å². The van der Waals surface area contributed by atoms with E-state index in [2.05, 4.69) is 24.1 Å². The predicted octanol–water partition coefficient (Wildman–Crippen LogP) is 2.30. The first-order chi connectivity index (χ1) is 9.09. The van der Waals surface area contributed by atoms with Gasteiger partial charge in [-0.1, -0.05) is 12.1 Å². The smallest absolute Gasteiger partial charge is 0.142 e. The first-order valence-corrected chi connectivity index (χ1v) is 6.65. The summed E-state index contributed by atoms with van der Waals surface area (Å²) in [7, 11) is 3.77. The molecule has 0 aromatic heterocycles. The summed E-state index contributed by atoms with van der Waals surface area (Å²) in [6.07, 6.45) is 3.40. The van der Waals surface area contributed by atoms with Gasteiger partial charge in [-0.2, -0.15) is 5.26 Å². The molecule has 1 fully saturated rings. The first-order valence-electron chi connectivity index (χ1n) is 6.65. The van der Waals surface area contributed by atoms with Gasteiger partial charge in [-0.25, -0.2) is 0 Å². The van der Waals surface area contributed by atoms with E-state index < -0.39 is 5.54 Å². The summed E-state index contributed by atoms with van der Waals surface area (Å²) in [4.78, 5) is 2.25. The van der Waals surface area contributed by atoms with E-state index in [1.165, 1.54) is 0 Å². The SMILES string of the molecule is COc1ccccc1N(C)C1CCC(N)(C#N)CC1. The van der Waals surface area contributed by atoms with Crippen molar-refractivity contribution in [2.24, 2.45) is 5.73 Å². The Balaban J connectivity index is 2.10. The third-order valence-electron chi connectivity index (χ3n) is 4.08. The number of methoxy groups -OCH3 is 1. The molecule has 0 bridgehead atoms. The van der Waals surface area contributed by atoms with E-state index in [-0.39, 0.29) is 0 Å². The Morgan fingerprint density at radius 2 is 2.00 bits per heavy atom. The molecule has 1 aromatic carbocycles. The second-order valence-corrected chi connectivity index (χ2v) is 5.28. The summed E-state index contributed by atoms with van der Waals surface area (Å²) in [5.41, 5.74) is 6.48. The molecule has 1 saturated carbocycles. The predicted molar refractivity (Wildman–Crippen MR) is 76.2 cm³/mol. The molecule has 0 aliphatic heterocycles. The summed E-state index contributed by atoms with van der Waals surface area (Å²) in [6, 6.07) is 10.7. The summed E-state index contributed by atoms with van der Waals surface area (Å²) in [5.74, 6) is 0.884. The van der Waals surface area contributed by atoms with E-state index in [1.807, 2.05) is 18.2 Å². The molecule has 0 spiro atoms.